The second-order valence-corrected chi connectivity index (χ2v) is 8.22. The lowest BCUT2D eigenvalue weighted by Gasteiger charge is -2.33. The van der Waals surface area contributed by atoms with Crippen LogP contribution in [0.5, 0.6) is 0 Å². The van der Waals surface area contributed by atoms with Crippen molar-refractivity contribution in [3.05, 3.63) is 65.7 Å². The van der Waals surface area contributed by atoms with Crippen molar-refractivity contribution in [1.82, 2.24) is 20.1 Å². The van der Waals surface area contributed by atoms with Crippen LogP contribution in [0.3, 0.4) is 0 Å². The highest BCUT2D eigenvalue weighted by Crippen LogP contribution is 2.18. The molecule has 2 aromatic rings. The van der Waals surface area contributed by atoms with Crippen LogP contribution in [0.15, 0.2) is 59.5 Å². The molecule has 3 rings (SSSR count). The average molecular weight is 413 g/mol. The highest BCUT2D eigenvalue weighted by atomic mass is 32.2. The van der Waals surface area contributed by atoms with E-state index >= 15 is 0 Å². The van der Waals surface area contributed by atoms with Crippen LogP contribution in [0.1, 0.15) is 15.9 Å². The molecule has 3 amide bonds. The predicted molar refractivity (Wildman–Crippen MR) is 104 cm³/mol. The van der Waals surface area contributed by atoms with Crippen molar-refractivity contribution in [3.63, 3.8) is 0 Å². The Balaban J connectivity index is 1.53. The molecular formula is C19H19N5O4S. The monoisotopic (exact) mass is 413 g/mol. The van der Waals surface area contributed by atoms with Gasteiger partial charge in [-0.25, -0.2) is 18.6 Å². The molecule has 0 radical (unpaired) electrons. The summed E-state index contributed by atoms with van der Waals surface area (Å²) in [5.41, 5.74) is 5.46. The van der Waals surface area contributed by atoms with E-state index in [1.165, 1.54) is 33.5 Å². The normalized spacial score (nSPS) is 14.7. The maximum absolute atomic E-state index is 12.7. The fraction of sp³-hybridized carbons (Fsp3) is 0.211. The highest BCUT2D eigenvalue weighted by molar-refractivity contribution is 7.89. The van der Waals surface area contributed by atoms with Gasteiger partial charge in [0.2, 0.25) is 10.0 Å². The zero-order chi connectivity index (χ0) is 20.9. The summed E-state index contributed by atoms with van der Waals surface area (Å²) in [7, 11) is -3.70. The lowest BCUT2D eigenvalue weighted by Crippen LogP contribution is -2.56. The molecule has 10 heteroatoms. The standard InChI is InChI=1S/C19H19N5O4S/c20-14-15-6-8-17(9-7-15)29(27,28)24-12-10-23(11-13-24)19(26)22-21-18(25)16-4-2-1-3-5-16/h1-9H,10-13H2,(H,21,25)(H,22,26). The van der Waals surface area contributed by atoms with Crippen LogP contribution in [-0.2, 0) is 10.0 Å². The van der Waals surface area contributed by atoms with E-state index in [2.05, 4.69) is 10.9 Å². The summed E-state index contributed by atoms with van der Waals surface area (Å²) in [6.07, 6.45) is 0. The van der Waals surface area contributed by atoms with Crippen molar-refractivity contribution >= 4 is 22.0 Å². The van der Waals surface area contributed by atoms with Gasteiger partial charge < -0.3 is 4.90 Å². The zero-order valence-electron chi connectivity index (χ0n) is 15.4. The zero-order valence-corrected chi connectivity index (χ0v) is 16.2. The van der Waals surface area contributed by atoms with Crippen molar-refractivity contribution in [2.75, 3.05) is 26.2 Å². The molecule has 2 aromatic carbocycles. The Labute approximate surface area is 168 Å². The first-order chi connectivity index (χ1) is 13.9. The first-order valence-corrected chi connectivity index (χ1v) is 10.3. The third kappa shape index (κ3) is 4.71. The molecule has 1 heterocycles. The Morgan fingerprint density at radius 1 is 0.897 bits per heavy atom. The van der Waals surface area contributed by atoms with E-state index < -0.39 is 22.0 Å². The predicted octanol–water partition coefficient (Wildman–Crippen LogP) is 0.919. The number of nitriles is 1. The van der Waals surface area contributed by atoms with Crippen molar-refractivity contribution in [2.45, 2.75) is 4.90 Å². The molecule has 1 saturated heterocycles. The fourth-order valence-corrected chi connectivity index (χ4v) is 4.26. The van der Waals surface area contributed by atoms with Crippen LogP contribution in [0.2, 0.25) is 0 Å². The topological polar surface area (TPSA) is 123 Å². The fourth-order valence-electron chi connectivity index (χ4n) is 2.83. The van der Waals surface area contributed by atoms with Crippen LogP contribution >= 0.6 is 0 Å². The Morgan fingerprint density at radius 2 is 1.52 bits per heavy atom. The minimum atomic E-state index is -3.70. The molecule has 0 bridgehead atoms. The molecule has 9 nitrogen and oxygen atoms in total. The Hall–Kier alpha value is -3.42. The van der Waals surface area contributed by atoms with E-state index in [1.807, 2.05) is 6.07 Å². The van der Waals surface area contributed by atoms with E-state index in [1.54, 1.807) is 30.3 Å². The molecule has 2 N–H and O–H groups in total. The van der Waals surface area contributed by atoms with Crippen LogP contribution < -0.4 is 10.9 Å². The van der Waals surface area contributed by atoms with Crippen molar-refractivity contribution in [1.29, 1.82) is 5.26 Å². The summed E-state index contributed by atoms with van der Waals surface area (Å²) in [6, 6.07) is 15.6. The third-order valence-electron chi connectivity index (χ3n) is 4.47. The summed E-state index contributed by atoms with van der Waals surface area (Å²) in [6.45, 7) is 0.621. The molecule has 0 unspecified atom stereocenters. The summed E-state index contributed by atoms with van der Waals surface area (Å²) in [4.78, 5) is 25.7. The number of urea groups is 1. The molecule has 150 valence electrons. The van der Waals surface area contributed by atoms with Gasteiger partial charge in [-0.05, 0) is 36.4 Å². The molecule has 0 saturated carbocycles. The van der Waals surface area contributed by atoms with Crippen LogP contribution in [0, 0.1) is 11.3 Å². The first kappa shape index (κ1) is 20.3. The summed E-state index contributed by atoms with van der Waals surface area (Å²) in [5.74, 6) is -0.444. The quantitative estimate of drug-likeness (QED) is 0.725. The number of hydrazine groups is 1. The number of carbonyl (C=O) groups is 2. The molecule has 1 fully saturated rings. The molecule has 29 heavy (non-hydrogen) atoms. The number of carbonyl (C=O) groups excluding carboxylic acids is 2. The van der Waals surface area contributed by atoms with Crippen LogP contribution in [-0.4, -0.2) is 55.7 Å². The number of rotatable bonds is 3. The summed E-state index contributed by atoms with van der Waals surface area (Å²) in [5, 5.41) is 8.82. The average Bonchev–Trinajstić information content (AvgIpc) is 2.78. The molecule has 0 atom stereocenters. The summed E-state index contributed by atoms with van der Waals surface area (Å²) < 4.78 is 26.7. The second kappa shape index (κ2) is 8.72. The molecular weight excluding hydrogens is 394 g/mol. The van der Waals surface area contributed by atoms with Gasteiger partial charge in [-0.1, -0.05) is 18.2 Å². The van der Waals surface area contributed by atoms with Gasteiger partial charge in [0.25, 0.3) is 5.91 Å². The number of nitrogens with one attached hydrogen (secondary N) is 2. The van der Waals surface area contributed by atoms with E-state index in [0.29, 0.717) is 11.1 Å². The van der Waals surface area contributed by atoms with Gasteiger partial charge >= 0.3 is 6.03 Å². The van der Waals surface area contributed by atoms with Gasteiger partial charge in [0.05, 0.1) is 16.5 Å². The van der Waals surface area contributed by atoms with E-state index in [4.69, 9.17) is 5.26 Å². The first-order valence-electron chi connectivity index (χ1n) is 8.82. The number of nitrogens with zero attached hydrogens (tertiary/aromatic N) is 3. The SMILES string of the molecule is N#Cc1ccc(S(=O)(=O)N2CCN(C(=O)NNC(=O)c3ccccc3)CC2)cc1. The number of amides is 3. The molecule has 0 aromatic heterocycles. The van der Waals surface area contributed by atoms with Crippen molar-refractivity contribution < 1.29 is 18.0 Å². The second-order valence-electron chi connectivity index (χ2n) is 6.28. The van der Waals surface area contributed by atoms with Gasteiger partial charge in [-0.2, -0.15) is 9.57 Å². The molecule has 1 aliphatic heterocycles. The smallest absolute Gasteiger partial charge is 0.321 e. The molecule has 1 aliphatic rings. The largest absolute Gasteiger partial charge is 0.336 e. The lowest BCUT2D eigenvalue weighted by atomic mass is 10.2. The van der Waals surface area contributed by atoms with Gasteiger partial charge in [0.15, 0.2) is 0 Å². The summed E-state index contributed by atoms with van der Waals surface area (Å²) >= 11 is 0. The van der Waals surface area contributed by atoms with Gasteiger partial charge in [-0.15, -0.1) is 0 Å². The van der Waals surface area contributed by atoms with E-state index in [-0.39, 0.29) is 31.1 Å². The number of sulfonamides is 1. The maximum Gasteiger partial charge on any atom is 0.336 e. The minimum Gasteiger partial charge on any atom is -0.321 e. The van der Waals surface area contributed by atoms with Crippen LogP contribution in [0.4, 0.5) is 4.79 Å². The molecule has 0 aliphatic carbocycles. The minimum absolute atomic E-state index is 0.101. The number of benzene rings is 2. The van der Waals surface area contributed by atoms with Gasteiger partial charge in [-0.3, -0.25) is 10.2 Å². The van der Waals surface area contributed by atoms with Crippen LogP contribution in [0.25, 0.3) is 0 Å². The van der Waals surface area contributed by atoms with Gasteiger partial charge in [0, 0.05) is 31.7 Å². The lowest BCUT2D eigenvalue weighted by molar-refractivity contribution is 0.0926. The van der Waals surface area contributed by atoms with E-state index in [0.717, 1.165) is 0 Å². The van der Waals surface area contributed by atoms with Crippen molar-refractivity contribution in [3.8, 4) is 6.07 Å². The maximum atomic E-state index is 12.7. The molecule has 0 spiro atoms. The van der Waals surface area contributed by atoms with Gasteiger partial charge in [0.1, 0.15) is 0 Å². The van der Waals surface area contributed by atoms with E-state index in [9.17, 15) is 18.0 Å². The highest BCUT2D eigenvalue weighted by Gasteiger charge is 2.30. The Bertz CT molecular complexity index is 1020. The number of piperazine rings is 1. The Morgan fingerprint density at radius 3 is 2.10 bits per heavy atom. The Kier molecular flexibility index (Phi) is 6.11. The van der Waals surface area contributed by atoms with Crippen molar-refractivity contribution in [2.24, 2.45) is 0 Å². The number of hydrogen-bond acceptors (Lipinski definition) is 5. The third-order valence-corrected chi connectivity index (χ3v) is 6.38. The number of hydrogen-bond donors (Lipinski definition) is 2.